The van der Waals surface area contributed by atoms with E-state index in [2.05, 4.69) is 60.9 Å². The van der Waals surface area contributed by atoms with Crippen LogP contribution in [0.4, 0.5) is 0 Å². The number of nitrogens with one attached hydrogen (secondary N) is 1. The number of aromatic nitrogens is 4. The highest BCUT2D eigenvalue weighted by molar-refractivity contribution is 5.48. The Hall–Kier alpha value is -2.40. The maximum atomic E-state index is 4.49. The molecule has 3 heterocycles. The van der Waals surface area contributed by atoms with Crippen molar-refractivity contribution < 1.29 is 0 Å². The Morgan fingerprint density at radius 3 is 2.95 bits per heavy atom. The SMILES string of the molecule is c1ccc(CN2CCC(n3ccnc3-c3cnc[nH]3)C2)cc1. The first-order valence-electron chi connectivity index (χ1n) is 7.68. The van der Waals surface area contributed by atoms with E-state index in [0.717, 1.165) is 37.6 Å². The fraction of sp³-hybridized carbons (Fsp3) is 0.294. The highest BCUT2D eigenvalue weighted by atomic mass is 15.2. The average Bonchev–Trinajstić information content (AvgIpc) is 3.29. The van der Waals surface area contributed by atoms with Crippen molar-refractivity contribution in [3.05, 3.63) is 60.8 Å². The normalized spacial score (nSPS) is 18.8. The number of nitrogens with zero attached hydrogens (tertiary/aromatic N) is 4. The Bertz CT molecular complexity index is 717. The summed E-state index contributed by atoms with van der Waals surface area (Å²) in [4.78, 5) is 14.2. The van der Waals surface area contributed by atoms with Gasteiger partial charge < -0.3 is 9.55 Å². The number of H-pyrrole nitrogens is 1. The van der Waals surface area contributed by atoms with Gasteiger partial charge in [0.05, 0.1) is 12.5 Å². The molecular formula is C17H19N5. The Kier molecular flexibility index (Phi) is 3.48. The van der Waals surface area contributed by atoms with Crippen molar-refractivity contribution in [2.24, 2.45) is 0 Å². The molecule has 1 aromatic carbocycles. The smallest absolute Gasteiger partial charge is 0.158 e. The van der Waals surface area contributed by atoms with Crippen LogP contribution in [0.2, 0.25) is 0 Å². The van der Waals surface area contributed by atoms with E-state index in [4.69, 9.17) is 0 Å². The first kappa shape index (κ1) is 13.3. The van der Waals surface area contributed by atoms with Crippen LogP contribution >= 0.6 is 0 Å². The first-order chi connectivity index (χ1) is 10.9. The predicted octanol–water partition coefficient (Wildman–Crippen LogP) is 2.72. The number of benzene rings is 1. The number of aromatic amines is 1. The van der Waals surface area contributed by atoms with Crippen LogP contribution in [0, 0.1) is 0 Å². The van der Waals surface area contributed by atoms with Gasteiger partial charge in [-0.2, -0.15) is 0 Å². The molecule has 0 radical (unpaired) electrons. The lowest BCUT2D eigenvalue weighted by Gasteiger charge is -2.18. The Balaban J connectivity index is 1.48. The molecule has 1 saturated heterocycles. The Labute approximate surface area is 129 Å². The van der Waals surface area contributed by atoms with Crippen molar-refractivity contribution in [2.45, 2.75) is 19.0 Å². The van der Waals surface area contributed by atoms with Gasteiger partial charge in [-0.1, -0.05) is 30.3 Å². The number of rotatable bonds is 4. The van der Waals surface area contributed by atoms with Gasteiger partial charge in [-0.05, 0) is 12.0 Å². The molecule has 1 aliphatic heterocycles. The molecule has 1 unspecified atom stereocenters. The molecule has 3 aromatic rings. The fourth-order valence-corrected chi connectivity index (χ4v) is 3.22. The molecule has 0 amide bonds. The molecule has 0 spiro atoms. The van der Waals surface area contributed by atoms with Crippen LogP contribution < -0.4 is 0 Å². The van der Waals surface area contributed by atoms with Gasteiger partial charge in [0.25, 0.3) is 0 Å². The van der Waals surface area contributed by atoms with E-state index < -0.39 is 0 Å². The van der Waals surface area contributed by atoms with E-state index in [1.165, 1.54) is 5.56 Å². The van der Waals surface area contributed by atoms with Gasteiger partial charge in [-0.15, -0.1) is 0 Å². The lowest BCUT2D eigenvalue weighted by Crippen LogP contribution is -2.21. The number of likely N-dealkylation sites (tertiary alicyclic amines) is 1. The highest BCUT2D eigenvalue weighted by Crippen LogP contribution is 2.27. The molecule has 0 aliphatic carbocycles. The minimum Gasteiger partial charge on any atom is -0.342 e. The second-order valence-corrected chi connectivity index (χ2v) is 5.79. The standard InChI is InChI=1S/C17H19N5/c1-2-4-14(5-3-1)11-21-8-6-15(12-21)22-9-7-19-17(22)16-10-18-13-20-16/h1-5,7,9-10,13,15H,6,8,11-12H2,(H,18,20). The van der Waals surface area contributed by atoms with Gasteiger partial charge in [0.2, 0.25) is 0 Å². The summed E-state index contributed by atoms with van der Waals surface area (Å²) in [6, 6.07) is 11.1. The van der Waals surface area contributed by atoms with Crippen LogP contribution in [-0.4, -0.2) is 37.5 Å². The second kappa shape index (κ2) is 5.77. The lowest BCUT2D eigenvalue weighted by molar-refractivity contribution is 0.316. The number of imidazole rings is 2. The quantitative estimate of drug-likeness (QED) is 0.804. The topological polar surface area (TPSA) is 49.7 Å². The van der Waals surface area contributed by atoms with Gasteiger partial charge >= 0.3 is 0 Å². The number of hydrogen-bond acceptors (Lipinski definition) is 3. The summed E-state index contributed by atoms with van der Waals surface area (Å²) in [5, 5.41) is 0. The second-order valence-electron chi connectivity index (χ2n) is 5.79. The molecule has 22 heavy (non-hydrogen) atoms. The zero-order chi connectivity index (χ0) is 14.8. The predicted molar refractivity (Wildman–Crippen MR) is 85.2 cm³/mol. The molecule has 0 bridgehead atoms. The van der Waals surface area contributed by atoms with Gasteiger partial charge in [-0.3, -0.25) is 4.90 Å². The van der Waals surface area contributed by atoms with E-state index in [0.29, 0.717) is 6.04 Å². The summed E-state index contributed by atoms with van der Waals surface area (Å²) in [5.41, 5.74) is 2.36. The molecule has 1 aliphatic rings. The zero-order valence-corrected chi connectivity index (χ0v) is 12.4. The summed E-state index contributed by atoms with van der Waals surface area (Å²) < 4.78 is 2.28. The zero-order valence-electron chi connectivity index (χ0n) is 12.4. The Morgan fingerprint density at radius 2 is 2.14 bits per heavy atom. The third kappa shape index (κ3) is 2.55. The molecule has 5 heteroatoms. The molecule has 4 rings (SSSR count). The highest BCUT2D eigenvalue weighted by Gasteiger charge is 2.25. The molecular weight excluding hydrogens is 274 g/mol. The van der Waals surface area contributed by atoms with Crippen LogP contribution in [0.15, 0.2) is 55.2 Å². The minimum absolute atomic E-state index is 0.476. The van der Waals surface area contributed by atoms with E-state index in [1.807, 2.05) is 12.4 Å². The maximum Gasteiger partial charge on any atom is 0.158 e. The summed E-state index contributed by atoms with van der Waals surface area (Å²) >= 11 is 0. The van der Waals surface area contributed by atoms with Gasteiger partial charge in [-0.25, -0.2) is 9.97 Å². The molecule has 2 aromatic heterocycles. The third-order valence-corrected chi connectivity index (χ3v) is 4.30. The molecule has 5 nitrogen and oxygen atoms in total. The van der Waals surface area contributed by atoms with Crippen molar-refractivity contribution >= 4 is 0 Å². The summed E-state index contributed by atoms with van der Waals surface area (Å²) in [5.74, 6) is 0.976. The van der Waals surface area contributed by atoms with Gasteiger partial charge in [0.15, 0.2) is 5.82 Å². The van der Waals surface area contributed by atoms with E-state index in [1.54, 1.807) is 6.33 Å². The Morgan fingerprint density at radius 1 is 1.23 bits per heavy atom. The first-order valence-corrected chi connectivity index (χ1v) is 7.68. The van der Waals surface area contributed by atoms with Crippen molar-refractivity contribution in [1.29, 1.82) is 0 Å². The van der Waals surface area contributed by atoms with Crippen LogP contribution in [0.3, 0.4) is 0 Å². The molecule has 1 atom stereocenters. The van der Waals surface area contributed by atoms with Crippen LogP contribution in [-0.2, 0) is 6.54 Å². The lowest BCUT2D eigenvalue weighted by atomic mass is 10.2. The van der Waals surface area contributed by atoms with Crippen molar-refractivity contribution in [3.8, 4) is 11.5 Å². The third-order valence-electron chi connectivity index (χ3n) is 4.30. The van der Waals surface area contributed by atoms with Crippen LogP contribution in [0.25, 0.3) is 11.5 Å². The summed E-state index contributed by atoms with van der Waals surface area (Å²) in [6.07, 6.45) is 8.63. The van der Waals surface area contributed by atoms with Crippen LogP contribution in [0.1, 0.15) is 18.0 Å². The molecule has 0 saturated carbocycles. The molecule has 112 valence electrons. The van der Waals surface area contributed by atoms with E-state index in [-0.39, 0.29) is 0 Å². The summed E-state index contributed by atoms with van der Waals surface area (Å²) in [7, 11) is 0. The van der Waals surface area contributed by atoms with Crippen molar-refractivity contribution in [1.82, 2.24) is 24.4 Å². The van der Waals surface area contributed by atoms with E-state index >= 15 is 0 Å². The van der Waals surface area contributed by atoms with Crippen LogP contribution in [0.5, 0.6) is 0 Å². The van der Waals surface area contributed by atoms with Crippen molar-refractivity contribution in [3.63, 3.8) is 0 Å². The van der Waals surface area contributed by atoms with E-state index in [9.17, 15) is 0 Å². The van der Waals surface area contributed by atoms with Crippen molar-refractivity contribution in [2.75, 3.05) is 13.1 Å². The minimum atomic E-state index is 0.476. The maximum absolute atomic E-state index is 4.49. The number of hydrogen-bond donors (Lipinski definition) is 1. The summed E-state index contributed by atoms with van der Waals surface area (Å²) in [6.45, 7) is 3.21. The fourth-order valence-electron chi connectivity index (χ4n) is 3.22. The van der Waals surface area contributed by atoms with Gasteiger partial charge in [0.1, 0.15) is 5.69 Å². The molecule has 1 fully saturated rings. The monoisotopic (exact) mass is 293 g/mol. The van der Waals surface area contributed by atoms with Gasteiger partial charge in [0, 0.05) is 38.1 Å². The molecule has 1 N–H and O–H groups in total. The largest absolute Gasteiger partial charge is 0.342 e. The average molecular weight is 293 g/mol.